The number of aromatic nitrogens is 2. The minimum atomic E-state index is -4.69. The number of nitrogens with one attached hydrogen (secondary N) is 1. The summed E-state index contributed by atoms with van der Waals surface area (Å²) in [6, 6.07) is 4.15. The van der Waals surface area contributed by atoms with Crippen LogP contribution >= 0.6 is 0 Å². The molecular formula is C14H12F5N3O3. The number of halogens is 5. The molecule has 136 valence electrons. The summed E-state index contributed by atoms with van der Waals surface area (Å²) >= 11 is 0. The highest BCUT2D eigenvalue weighted by molar-refractivity contribution is 6.03. The Labute approximate surface area is 138 Å². The van der Waals surface area contributed by atoms with Gasteiger partial charge in [0, 0.05) is 24.9 Å². The van der Waals surface area contributed by atoms with Gasteiger partial charge in [0.05, 0.1) is 7.11 Å². The topological polar surface area (TPSA) is 65.4 Å². The van der Waals surface area contributed by atoms with Crippen LogP contribution in [0.1, 0.15) is 16.2 Å². The van der Waals surface area contributed by atoms with Crippen LogP contribution in [0.2, 0.25) is 0 Å². The lowest BCUT2D eigenvalue weighted by molar-refractivity contribution is -0.141. The van der Waals surface area contributed by atoms with E-state index < -0.39 is 24.4 Å². The van der Waals surface area contributed by atoms with Crippen molar-refractivity contribution in [3.8, 4) is 11.5 Å². The average molecular weight is 365 g/mol. The lowest BCUT2D eigenvalue weighted by atomic mass is 10.2. The van der Waals surface area contributed by atoms with Gasteiger partial charge in [0.15, 0.2) is 17.2 Å². The summed E-state index contributed by atoms with van der Waals surface area (Å²) in [6.45, 7) is -3.07. The molecule has 0 saturated carbocycles. The van der Waals surface area contributed by atoms with Crippen molar-refractivity contribution in [3.05, 3.63) is 35.7 Å². The van der Waals surface area contributed by atoms with Gasteiger partial charge < -0.3 is 14.8 Å². The molecule has 0 unspecified atom stereocenters. The van der Waals surface area contributed by atoms with Crippen molar-refractivity contribution in [1.29, 1.82) is 0 Å². The highest BCUT2D eigenvalue weighted by Gasteiger charge is 2.35. The second-order valence-electron chi connectivity index (χ2n) is 4.73. The first kappa shape index (κ1) is 18.5. The summed E-state index contributed by atoms with van der Waals surface area (Å²) < 4.78 is 72.3. The number of anilines is 1. The molecule has 2 rings (SSSR count). The molecule has 0 aliphatic carbocycles. The van der Waals surface area contributed by atoms with Crippen LogP contribution in [0.3, 0.4) is 0 Å². The van der Waals surface area contributed by atoms with E-state index in [1.54, 1.807) is 0 Å². The second-order valence-corrected chi connectivity index (χ2v) is 4.73. The van der Waals surface area contributed by atoms with Crippen molar-refractivity contribution in [1.82, 2.24) is 9.78 Å². The molecule has 0 radical (unpaired) electrons. The Morgan fingerprint density at radius 3 is 2.44 bits per heavy atom. The first-order chi connectivity index (χ1) is 11.6. The monoisotopic (exact) mass is 365 g/mol. The van der Waals surface area contributed by atoms with Crippen LogP contribution in [0.4, 0.5) is 27.6 Å². The summed E-state index contributed by atoms with van der Waals surface area (Å²) in [5.74, 6) is -1.20. The molecule has 0 atom stereocenters. The van der Waals surface area contributed by atoms with Gasteiger partial charge in [0.1, 0.15) is 5.69 Å². The molecule has 6 nitrogen and oxygen atoms in total. The number of nitrogens with zero attached hydrogens (tertiary/aromatic N) is 2. The second kappa shape index (κ2) is 6.95. The maximum atomic E-state index is 12.6. The minimum Gasteiger partial charge on any atom is -0.493 e. The minimum absolute atomic E-state index is 0.0842. The Hall–Kier alpha value is -2.85. The SMILES string of the molecule is COc1cc(NC(=O)c2cc(C(F)(F)F)nn2C)ccc1OC(F)F. The zero-order valence-corrected chi connectivity index (χ0v) is 12.9. The predicted molar refractivity (Wildman–Crippen MR) is 75.8 cm³/mol. The van der Waals surface area contributed by atoms with Crippen LogP contribution in [-0.2, 0) is 13.2 Å². The molecule has 1 N–H and O–H groups in total. The van der Waals surface area contributed by atoms with Crippen LogP contribution in [0.15, 0.2) is 24.3 Å². The van der Waals surface area contributed by atoms with Gasteiger partial charge in [-0.15, -0.1) is 0 Å². The first-order valence-electron chi connectivity index (χ1n) is 6.67. The molecule has 11 heteroatoms. The summed E-state index contributed by atoms with van der Waals surface area (Å²) in [5, 5.41) is 5.56. The van der Waals surface area contributed by atoms with Gasteiger partial charge in [-0.05, 0) is 12.1 Å². The van der Waals surface area contributed by atoms with Gasteiger partial charge in [-0.3, -0.25) is 9.48 Å². The third-order valence-electron chi connectivity index (χ3n) is 3.04. The van der Waals surface area contributed by atoms with E-state index >= 15 is 0 Å². The summed E-state index contributed by atoms with van der Waals surface area (Å²) in [4.78, 5) is 12.1. The normalized spacial score (nSPS) is 11.5. The number of alkyl halides is 5. The fourth-order valence-electron chi connectivity index (χ4n) is 1.95. The molecule has 0 aliphatic heterocycles. The molecule has 0 saturated heterocycles. The van der Waals surface area contributed by atoms with E-state index in [2.05, 4.69) is 15.2 Å². The number of carbonyl (C=O) groups excluding carboxylic acids is 1. The van der Waals surface area contributed by atoms with E-state index in [1.807, 2.05) is 0 Å². The third kappa shape index (κ3) is 4.37. The quantitative estimate of drug-likeness (QED) is 0.826. The number of hydrogen-bond acceptors (Lipinski definition) is 4. The fourth-order valence-corrected chi connectivity index (χ4v) is 1.95. The molecule has 0 bridgehead atoms. The Morgan fingerprint density at radius 1 is 1.24 bits per heavy atom. The number of carbonyl (C=O) groups is 1. The van der Waals surface area contributed by atoms with Crippen molar-refractivity contribution in [2.45, 2.75) is 12.8 Å². The smallest absolute Gasteiger partial charge is 0.435 e. The van der Waals surface area contributed by atoms with E-state index in [4.69, 9.17) is 4.74 Å². The predicted octanol–water partition coefficient (Wildman–Crippen LogP) is 3.30. The van der Waals surface area contributed by atoms with Gasteiger partial charge in [-0.1, -0.05) is 0 Å². The summed E-state index contributed by atoms with van der Waals surface area (Å²) in [7, 11) is 2.39. The Bertz CT molecular complexity index is 774. The molecule has 1 heterocycles. The number of amides is 1. The first-order valence-corrected chi connectivity index (χ1v) is 6.67. The van der Waals surface area contributed by atoms with Gasteiger partial charge >= 0.3 is 12.8 Å². The number of methoxy groups -OCH3 is 1. The van der Waals surface area contributed by atoms with Crippen molar-refractivity contribution >= 4 is 11.6 Å². The van der Waals surface area contributed by atoms with E-state index in [1.165, 1.54) is 26.3 Å². The average Bonchev–Trinajstić information content (AvgIpc) is 2.90. The van der Waals surface area contributed by atoms with Gasteiger partial charge in [-0.25, -0.2) is 0 Å². The number of rotatable bonds is 5. The molecule has 1 aromatic carbocycles. The third-order valence-corrected chi connectivity index (χ3v) is 3.04. The van der Waals surface area contributed by atoms with Crippen LogP contribution in [0.25, 0.3) is 0 Å². The fraction of sp³-hybridized carbons (Fsp3) is 0.286. The zero-order valence-electron chi connectivity index (χ0n) is 12.9. The van der Waals surface area contributed by atoms with Crippen LogP contribution < -0.4 is 14.8 Å². The Morgan fingerprint density at radius 2 is 1.92 bits per heavy atom. The number of ether oxygens (including phenoxy) is 2. The molecule has 1 amide bonds. The number of benzene rings is 1. The van der Waals surface area contributed by atoms with Crippen LogP contribution in [0.5, 0.6) is 11.5 Å². The van der Waals surface area contributed by atoms with Crippen LogP contribution in [-0.4, -0.2) is 29.4 Å². The zero-order chi connectivity index (χ0) is 18.8. The largest absolute Gasteiger partial charge is 0.493 e. The Kier molecular flexibility index (Phi) is 5.14. The van der Waals surface area contributed by atoms with E-state index in [-0.39, 0.29) is 22.9 Å². The molecule has 0 spiro atoms. The van der Waals surface area contributed by atoms with Crippen molar-refractivity contribution in [2.24, 2.45) is 7.05 Å². The summed E-state index contributed by atoms with van der Waals surface area (Å²) in [5.41, 5.74) is -1.43. The van der Waals surface area contributed by atoms with Crippen molar-refractivity contribution < 1.29 is 36.2 Å². The molecule has 0 aliphatic rings. The summed E-state index contributed by atoms with van der Waals surface area (Å²) in [6.07, 6.45) is -4.69. The molecule has 25 heavy (non-hydrogen) atoms. The Balaban J connectivity index is 2.22. The molecule has 1 aromatic heterocycles. The lowest BCUT2D eigenvalue weighted by Crippen LogP contribution is -2.16. The number of aryl methyl sites for hydroxylation is 1. The van der Waals surface area contributed by atoms with E-state index in [0.717, 1.165) is 10.7 Å². The van der Waals surface area contributed by atoms with Crippen LogP contribution in [0, 0.1) is 0 Å². The van der Waals surface area contributed by atoms with Gasteiger partial charge in [0.2, 0.25) is 0 Å². The maximum Gasteiger partial charge on any atom is 0.435 e. The van der Waals surface area contributed by atoms with Gasteiger partial charge in [0.25, 0.3) is 5.91 Å². The maximum absolute atomic E-state index is 12.6. The van der Waals surface area contributed by atoms with Crippen molar-refractivity contribution in [3.63, 3.8) is 0 Å². The van der Waals surface area contributed by atoms with Gasteiger partial charge in [-0.2, -0.15) is 27.1 Å². The number of hydrogen-bond donors (Lipinski definition) is 1. The molecule has 0 fully saturated rings. The lowest BCUT2D eigenvalue weighted by Gasteiger charge is -2.12. The van der Waals surface area contributed by atoms with Crippen molar-refractivity contribution in [2.75, 3.05) is 12.4 Å². The van der Waals surface area contributed by atoms with E-state index in [9.17, 15) is 26.7 Å². The standard InChI is InChI=1S/C14H12F5N3O3/c1-22-8(6-11(21-22)14(17,18)19)12(23)20-7-3-4-9(25-13(15)16)10(5-7)24-2/h3-6,13H,1-2H3,(H,20,23). The highest BCUT2D eigenvalue weighted by Crippen LogP contribution is 2.32. The molecule has 2 aromatic rings. The molecular weight excluding hydrogens is 353 g/mol. The van der Waals surface area contributed by atoms with E-state index in [0.29, 0.717) is 6.07 Å². The highest BCUT2D eigenvalue weighted by atomic mass is 19.4.